The van der Waals surface area contributed by atoms with Crippen molar-refractivity contribution in [2.24, 2.45) is 0 Å². The van der Waals surface area contributed by atoms with E-state index < -0.39 is 0 Å². The van der Waals surface area contributed by atoms with Crippen molar-refractivity contribution >= 4 is 11.1 Å². The van der Waals surface area contributed by atoms with Crippen LogP contribution in [0.25, 0.3) is 67.8 Å². The van der Waals surface area contributed by atoms with Crippen molar-refractivity contribution in [2.75, 3.05) is 0 Å². The van der Waals surface area contributed by atoms with E-state index in [4.69, 9.17) is 24.4 Å². The molecule has 5 aromatic carbocycles. The maximum Gasteiger partial charge on any atom is 0.227 e. The van der Waals surface area contributed by atoms with E-state index in [2.05, 4.69) is 36.4 Å². The number of rotatable bonds is 5. The number of nitrogens with zero attached hydrogens (tertiary/aromatic N) is 4. The number of hydrogen-bond acceptors (Lipinski definition) is 5. The summed E-state index contributed by atoms with van der Waals surface area (Å²) in [5.41, 5.74) is 7.20. The quantitative estimate of drug-likeness (QED) is 0.237. The second kappa shape index (κ2) is 9.80. The molecule has 0 saturated heterocycles. The minimum absolute atomic E-state index is 0.535. The summed E-state index contributed by atoms with van der Waals surface area (Å²) in [6.45, 7) is 0. The molecule has 2 aromatic heterocycles. The Labute approximate surface area is 225 Å². The molecule has 0 aliphatic carbocycles. The van der Waals surface area contributed by atoms with E-state index in [1.54, 1.807) is 0 Å². The molecule has 7 rings (SSSR count). The van der Waals surface area contributed by atoms with E-state index in [0.717, 1.165) is 38.9 Å². The number of aromatic nitrogens is 4. The maximum atomic E-state index is 6.28. The van der Waals surface area contributed by atoms with Crippen molar-refractivity contribution in [3.05, 3.63) is 133 Å². The van der Waals surface area contributed by atoms with Crippen LogP contribution in [0.2, 0.25) is 0 Å². The van der Waals surface area contributed by atoms with Crippen molar-refractivity contribution in [3.8, 4) is 56.7 Å². The number of para-hydroxylation sites is 1. The van der Waals surface area contributed by atoms with Gasteiger partial charge in [-0.15, -0.1) is 0 Å². The van der Waals surface area contributed by atoms with E-state index in [9.17, 15) is 0 Å². The summed E-state index contributed by atoms with van der Waals surface area (Å²) >= 11 is 0. The van der Waals surface area contributed by atoms with Gasteiger partial charge in [-0.25, -0.2) is 19.9 Å². The van der Waals surface area contributed by atoms with Gasteiger partial charge in [0, 0.05) is 16.7 Å². The third-order valence-electron chi connectivity index (χ3n) is 6.59. The van der Waals surface area contributed by atoms with Gasteiger partial charge in [-0.2, -0.15) is 0 Å². The van der Waals surface area contributed by atoms with Gasteiger partial charge in [-0.3, -0.25) is 0 Å². The average Bonchev–Trinajstić information content (AvgIpc) is 3.47. The number of oxazole rings is 1. The summed E-state index contributed by atoms with van der Waals surface area (Å²) in [4.78, 5) is 19.4. The highest BCUT2D eigenvalue weighted by Crippen LogP contribution is 2.33. The fourth-order valence-corrected chi connectivity index (χ4v) is 4.61. The number of benzene rings is 5. The van der Waals surface area contributed by atoms with Gasteiger partial charge in [0.2, 0.25) is 5.89 Å². The first-order valence-corrected chi connectivity index (χ1v) is 12.7. The van der Waals surface area contributed by atoms with Crippen LogP contribution in [-0.4, -0.2) is 19.9 Å². The third-order valence-corrected chi connectivity index (χ3v) is 6.59. The Bertz CT molecular complexity index is 1880. The summed E-state index contributed by atoms with van der Waals surface area (Å²) in [5.74, 6) is 2.29. The number of hydrogen-bond donors (Lipinski definition) is 0. The Kier molecular flexibility index (Phi) is 5.72. The highest BCUT2D eigenvalue weighted by Gasteiger charge is 2.18. The van der Waals surface area contributed by atoms with E-state index in [1.807, 2.05) is 97.1 Å². The lowest BCUT2D eigenvalue weighted by molar-refractivity contribution is 0.620. The van der Waals surface area contributed by atoms with Gasteiger partial charge >= 0.3 is 0 Å². The standard InChI is InChI=1S/C34H22N4O/c1-4-11-23(12-5-1)24-19-21-26(22-20-24)32-36-31(25-13-6-2-7-14-25)37-33(38-32)28-17-10-18-29-30(28)39-34(35-29)27-15-8-3-9-16-27/h1-22H. The first-order chi connectivity index (χ1) is 19.3. The fourth-order valence-electron chi connectivity index (χ4n) is 4.61. The monoisotopic (exact) mass is 502 g/mol. The van der Waals surface area contributed by atoms with Gasteiger partial charge in [-0.05, 0) is 35.4 Å². The topological polar surface area (TPSA) is 64.7 Å². The summed E-state index contributed by atoms with van der Waals surface area (Å²) in [5, 5.41) is 0. The van der Waals surface area contributed by atoms with Crippen LogP contribution < -0.4 is 0 Å². The Morgan fingerprint density at radius 2 is 0.846 bits per heavy atom. The third kappa shape index (κ3) is 4.47. The molecular weight excluding hydrogens is 480 g/mol. The molecule has 0 aliphatic rings. The molecule has 0 unspecified atom stereocenters. The lowest BCUT2D eigenvalue weighted by atomic mass is 10.0. The van der Waals surface area contributed by atoms with Crippen molar-refractivity contribution in [1.82, 2.24) is 19.9 Å². The summed E-state index contributed by atoms with van der Waals surface area (Å²) in [6.07, 6.45) is 0. The highest BCUT2D eigenvalue weighted by molar-refractivity contribution is 5.90. The molecule has 0 atom stereocenters. The minimum atomic E-state index is 0.535. The van der Waals surface area contributed by atoms with Crippen LogP contribution in [0.15, 0.2) is 138 Å². The second-order valence-electron chi connectivity index (χ2n) is 9.15. The van der Waals surface area contributed by atoms with Crippen LogP contribution in [0.4, 0.5) is 0 Å². The zero-order valence-electron chi connectivity index (χ0n) is 20.9. The second-order valence-corrected chi connectivity index (χ2v) is 9.15. The van der Waals surface area contributed by atoms with Gasteiger partial charge in [0.05, 0.1) is 5.56 Å². The summed E-state index contributed by atoms with van der Waals surface area (Å²) in [6, 6.07) is 44.3. The van der Waals surface area contributed by atoms with Crippen LogP contribution in [0.1, 0.15) is 0 Å². The van der Waals surface area contributed by atoms with Crippen LogP contribution >= 0.6 is 0 Å². The Balaban J connectivity index is 1.37. The molecule has 0 radical (unpaired) electrons. The molecule has 0 saturated carbocycles. The first kappa shape index (κ1) is 22.8. The molecule has 2 heterocycles. The predicted molar refractivity (Wildman–Crippen MR) is 155 cm³/mol. The van der Waals surface area contributed by atoms with E-state index >= 15 is 0 Å². The molecule has 39 heavy (non-hydrogen) atoms. The Morgan fingerprint density at radius 1 is 0.359 bits per heavy atom. The normalized spacial score (nSPS) is 11.1. The summed E-state index contributed by atoms with van der Waals surface area (Å²) in [7, 11) is 0. The molecule has 184 valence electrons. The lowest BCUT2D eigenvalue weighted by Crippen LogP contribution is -2.00. The van der Waals surface area contributed by atoms with Crippen molar-refractivity contribution < 1.29 is 4.42 Å². The van der Waals surface area contributed by atoms with Gasteiger partial charge in [0.1, 0.15) is 5.52 Å². The smallest absolute Gasteiger partial charge is 0.227 e. The van der Waals surface area contributed by atoms with Gasteiger partial charge < -0.3 is 4.42 Å². The fraction of sp³-hybridized carbons (Fsp3) is 0. The lowest BCUT2D eigenvalue weighted by Gasteiger charge is -2.09. The van der Waals surface area contributed by atoms with Crippen molar-refractivity contribution in [2.45, 2.75) is 0 Å². The van der Waals surface area contributed by atoms with Crippen LogP contribution in [-0.2, 0) is 0 Å². The van der Waals surface area contributed by atoms with Crippen molar-refractivity contribution in [1.29, 1.82) is 0 Å². The molecule has 5 heteroatoms. The largest absolute Gasteiger partial charge is 0.435 e. The summed E-state index contributed by atoms with van der Waals surface area (Å²) < 4.78 is 6.28. The molecule has 0 amide bonds. The number of fused-ring (bicyclic) bond motifs is 1. The molecule has 5 nitrogen and oxygen atoms in total. The Morgan fingerprint density at radius 3 is 1.49 bits per heavy atom. The van der Waals surface area contributed by atoms with Crippen LogP contribution in [0.5, 0.6) is 0 Å². The van der Waals surface area contributed by atoms with Gasteiger partial charge in [0.15, 0.2) is 23.1 Å². The molecule has 0 bridgehead atoms. The van der Waals surface area contributed by atoms with E-state index in [1.165, 1.54) is 0 Å². The SMILES string of the molecule is c1ccc(-c2ccc(-c3nc(-c4ccccc4)nc(-c4cccc5nc(-c6ccccc6)oc45)n3)cc2)cc1. The van der Waals surface area contributed by atoms with E-state index in [-0.39, 0.29) is 0 Å². The molecule has 0 spiro atoms. The predicted octanol–water partition coefficient (Wildman–Crippen LogP) is 8.35. The first-order valence-electron chi connectivity index (χ1n) is 12.7. The van der Waals surface area contributed by atoms with E-state index in [0.29, 0.717) is 28.9 Å². The molecule has 0 aliphatic heterocycles. The van der Waals surface area contributed by atoms with Crippen LogP contribution in [0, 0.1) is 0 Å². The van der Waals surface area contributed by atoms with Crippen LogP contribution in [0.3, 0.4) is 0 Å². The Hall–Kier alpha value is -5.42. The molecule has 0 N–H and O–H groups in total. The zero-order chi connectivity index (χ0) is 26.0. The molecular formula is C34H22N4O. The zero-order valence-corrected chi connectivity index (χ0v) is 20.9. The van der Waals surface area contributed by atoms with Crippen molar-refractivity contribution in [3.63, 3.8) is 0 Å². The highest BCUT2D eigenvalue weighted by atomic mass is 16.3. The molecule has 7 aromatic rings. The minimum Gasteiger partial charge on any atom is -0.435 e. The van der Waals surface area contributed by atoms with Gasteiger partial charge in [0.25, 0.3) is 0 Å². The average molecular weight is 503 g/mol. The van der Waals surface area contributed by atoms with Gasteiger partial charge in [-0.1, -0.05) is 109 Å². The maximum absolute atomic E-state index is 6.28. The molecule has 0 fully saturated rings.